The Morgan fingerprint density at radius 3 is 2.22 bits per heavy atom. The lowest BCUT2D eigenvalue weighted by atomic mass is 9.84. The summed E-state index contributed by atoms with van der Waals surface area (Å²) in [6.07, 6.45) is 0. The summed E-state index contributed by atoms with van der Waals surface area (Å²) in [5.74, 6) is -0.543. The van der Waals surface area contributed by atoms with Crippen LogP contribution in [0.2, 0.25) is 0 Å². The van der Waals surface area contributed by atoms with E-state index in [0.29, 0.717) is 5.75 Å². The van der Waals surface area contributed by atoms with E-state index in [0.717, 1.165) is 11.1 Å². The number of anilines is 1. The minimum atomic E-state index is -0.847. The highest BCUT2D eigenvalue weighted by Gasteiger charge is 2.34. The first-order valence-electron chi connectivity index (χ1n) is 10.0. The number of carbonyl (C=O) groups is 2. The molecule has 8 heteroatoms. The summed E-state index contributed by atoms with van der Waals surface area (Å²) < 4.78 is 5.38. The molecular weight excluding hydrogens is 410 g/mol. The Balaban J connectivity index is 1.64. The van der Waals surface area contributed by atoms with E-state index in [1.165, 1.54) is 23.1 Å². The maximum Gasteiger partial charge on any atom is 0.271 e. The van der Waals surface area contributed by atoms with E-state index in [2.05, 4.69) is 5.32 Å². The summed E-state index contributed by atoms with van der Waals surface area (Å²) in [5.41, 5.74) is 0.922. The summed E-state index contributed by atoms with van der Waals surface area (Å²) in [6, 6.07) is 23.0. The number of fused-ring (bicyclic) bond motifs is 1. The fourth-order valence-corrected chi connectivity index (χ4v) is 3.79. The van der Waals surface area contributed by atoms with Crippen molar-refractivity contribution in [3.8, 4) is 5.75 Å². The Bertz CT molecular complexity index is 1130. The van der Waals surface area contributed by atoms with Crippen LogP contribution in [-0.2, 0) is 15.1 Å². The number of hydrogen-bond donors (Lipinski definition) is 1. The molecule has 0 radical (unpaired) electrons. The number of nitrogens with zero attached hydrogens (tertiary/aromatic N) is 2. The molecule has 0 fully saturated rings. The molecule has 0 bridgehead atoms. The van der Waals surface area contributed by atoms with Gasteiger partial charge in [0.2, 0.25) is 5.91 Å². The fourth-order valence-electron chi connectivity index (χ4n) is 3.79. The SMILES string of the molecule is CC(NC(=O)CN1C(=O)COc2ccc([N+](=O)[O-])cc21)(c1ccccc1)c1ccccc1. The molecule has 3 aromatic rings. The number of non-ortho nitro benzene ring substituents is 1. The van der Waals surface area contributed by atoms with Gasteiger partial charge in [-0.05, 0) is 24.1 Å². The largest absolute Gasteiger partial charge is 0.482 e. The molecule has 0 spiro atoms. The van der Waals surface area contributed by atoms with Crippen molar-refractivity contribution >= 4 is 23.2 Å². The second-order valence-corrected chi connectivity index (χ2v) is 7.58. The van der Waals surface area contributed by atoms with Gasteiger partial charge in [-0.3, -0.25) is 24.6 Å². The van der Waals surface area contributed by atoms with Gasteiger partial charge in [0, 0.05) is 12.1 Å². The maximum absolute atomic E-state index is 13.2. The first-order valence-corrected chi connectivity index (χ1v) is 10.0. The zero-order chi connectivity index (χ0) is 22.7. The number of hydrogen-bond acceptors (Lipinski definition) is 5. The number of nitro benzene ring substituents is 1. The van der Waals surface area contributed by atoms with E-state index < -0.39 is 22.3 Å². The molecule has 0 aliphatic carbocycles. The molecule has 0 saturated heterocycles. The fraction of sp³-hybridized carbons (Fsp3) is 0.167. The van der Waals surface area contributed by atoms with Crippen molar-refractivity contribution in [2.24, 2.45) is 0 Å². The smallest absolute Gasteiger partial charge is 0.271 e. The quantitative estimate of drug-likeness (QED) is 0.476. The van der Waals surface area contributed by atoms with Crippen molar-refractivity contribution in [2.75, 3.05) is 18.1 Å². The van der Waals surface area contributed by atoms with Gasteiger partial charge in [0.1, 0.15) is 12.3 Å². The minimum absolute atomic E-state index is 0.189. The van der Waals surface area contributed by atoms with Gasteiger partial charge in [0.15, 0.2) is 6.61 Å². The van der Waals surface area contributed by atoms with Crippen LogP contribution in [0.25, 0.3) is 0 Å². The number of carbonyl (C=O) groups excluding carboxylic acids is 2. The van der Waals surface area contributed by atoms with Gasteiger partial charge >= 0.3 is 0 Å². The minimum Gasteiger partial charge on any atom is -0.482 e. The highest BCUT2D eigenvalue weighted by Crippen LogP contribution is 2.35. The normalized spacial score (nSPS) is 13.2. The van der Waals surface area contributed by atoms with E-state index in [4.69, 9.17) is 4.74 Å². The monoisotopic (exact) mass is 431 g/mol. The first kappa shape index (κ1) is 21.0. The Morgan fingerprint density at radius 2 is 1.66 bits per heavy atom. The third kappa shape index (κ3) is 4.02. The van der Waals surface area contributed by atoms with Crippen molar-refractivity contribution < 1.29 is 19.2 Å². The zero-order valence-corrected chi connectivity index (χ0v) is 17.4. The van der Waals surface area contributed by atoms with Gasteiger partial charge in [-0.15, -0.1) is 0 Å². The van der Waals surface area contributed by atoms with Crippen LogP contribution in [0.4, 0.5) is 11.4 Å². The number of benzene rings is 3. The average molecular weight is 431 g/mol. The maximum atomic E-state index is 13.2. The van der Waals surface area contributed by atoms with E-state index in [9.17, 15) is 19.7 Å². The highest BCUT2D eigenvalue weighted by molar-refractivity contribution is 6.02. The summed E-state index contributed by atoms with van der Waals surface area (Å²) in [7, 11) is 0. The molecule has 32 heavy (non-hydrogen) atoms. The van der Waals surface area contributed by atoms with Gasteiger partial charge in [0.25, 0.3) is 11.6 Å². The Labute approximate surface area is 184 Å². The summed E-state index contributed by atoms with van der Waals surface area (Å²) >= 11 is 0. The van der Waals surface area contributed by atoms with Crippen LogP contribution in [-0.4, -0.2) is 29.9 Å². The van der Waals surface area contributed by atoms with Crippen molar-refractivity contribution in [1.29, 1.82) is 0 Å². The van der Waals surface area contributed by atoms with E-state index >= 15 is 0 Å². The Hall–Kier alpha value is -4.20. The van der Waals surface area contributed by atoms with Gasteiger partial charge in [-0.1, -0.05) is 60.7 Å². The topological polar surface area (TPSA) is 102 Å². The number of nitrogens with one attached hydrogen (secondary N) is 1. The lowest BCUT2D eigenvalue weighted by Crippen LogP contribution is -2.51. The van der Waals surface area contributed by atoms with E-state index in [1.54, 1.807) is 0 Å². The van der Waals surface area contributed by atoms with Crippen molar-refractivity contribution in [1.82, 2.24) is 5.32 Å². The number of ether oxygens (including phenoxy) is 1. The first-order chi connectivity index (χ1) is 15.4. The molecule has 162 valence electrons. The van der Waals surface area contributed by atoms with Crippen LogP contribution >= 0.6 is 0 Å². The number of amides is 2. The predicted molar refractivity (Wildman–Crippen MR) is 118 cm³/mol. The molecule has 2 amide bonds. The second kappa shape index (κ2) is 8.50. The molecule has 1 N–H and O–H groups in total. The number of rotatable bonds is 6. The molecular formula is C24H21N3O5. The van der Waals surface area contributed by atoms with Gasteiger partial charge < -0.3 is 10.1 Å². The van der Waals surface area contributed by atoms with Crippen molar-refractivity contribution in [2.45, 2.75) is 12.5 Å². The van der Waals surface area contributed by atoms with Crippen molar-refractivity contribution in [3.05, 3.63) is 100 Å². The van der Waals surface area contributed by atoms with Gasteiger partial charge in [-0.2, -0.15) is 0 Å². The molecule has 0 saturated carbocycles. The lowest BCUT2D eigenvalue weighted by Gasteiger charge is -2.34. The van der Waals surface area contributed by atoms with Crippen LogP contribution in [0, 0.1) is 10.1 Å². The van der Waals surface area contributed by atoms with Crippen LogP contribution in [0.15, 0.2) is 78.9 Å². The van der Waals surface area contributed by atoms with Crippen molar-refractivity contribution in [3.63, 3.8) is 0 Å². The molecule has 1 heterocycles. The van der Waals surface area contributed by atoms with Gasteiger partial charge in [0.05, 0.1) is 16.1 Å². The summed E-state index contributed by atoms with van der Waals surface area (Å²) in [5, 5.41) is 14.2. The zero-order valence-electron chi connectivity index (χ0n) is 17.4. The predicted octanol–water partition coefficient (Wildman–Crippen LogP) is 3.40. The summed E-state index contributed by atoms with van der Waals surface area (Å²) in [6.45, 7) is 1.35. The van der Waals surface area contributed by atoms with Gasteiger partial charge in [-0.25, -0.2) is 0 Å². The molecule has 4 rings (SSSR count). The average Bonchev–Trinajstić information content (AvgIpc) is 2.81. The third-order valence-corrected chi connectivity index (χ3v) is 5.49. The highest BCUT2D eigenvalue weighted by atomic mass is 16.6. The Morgan fingerprint density at radius 1 is 1.06 bits per heavy atom. The standard InChI is InChI=1S/C24H21N3O5/c1-24(17-8-4-2-5-9-17,18-10-6-3-7-11-18)25-22(28)15-26-20-14-19(27(30)31)12-13-21(20)32-16-23(26)29/h2-14H,15-16H2,1H3,(H,25,28). The molecule has 1 aliphatic rings. The summed E-state index contributed by atoms with van der Waals surface area (Å²) in [4.78, 5) is 37.5. The van der Waals surface area contributed by atoms with E-state index in [1.807, 2.05) is 67.6 Å². The number of nitro groups is 1. The second-order valence-electron chi connectivity index (χ2n) is 7.58. The molecule has 0 atom stereocenters. The van der Waals surface area contributed by atoms with Crippen LogP contribution in [0.1, 0.15) is 18.1 Å². The molecule has 0 unspecified atom stereocenters. The molecule has 8 nitrogen and oxygen atoms in total. The third-order valence-electron chi connectivity index (χ3n) is 5.49. The van der Waals surface area contributed by atoms with Crippen LogP contribution in [0.5, 0.6) is 5.75 Å². The molecule has 0 aromatic heterocycles. The molecule has 1 aliphatic heterocycles. The molecule has 3 aromatic carbocycles. The van der Waals surface area contributed by atoms with Crippen LogP contribution in [0.3, 0.4) is 0 Å². The lowest BCUT2D eigenvalue weighted by molar-refractivity contribution is -0.384. The van der Waals surface area contributed by atoms with E-state index in [-0.39, 0.29) is 24.5 Å². The Kier molecular flexibility index (Phi) is 5.59. The van der Waals surface area contributed by atoms with Crippen LogP contribution < -0.4 is 15.0 Å².